The topological polar surface area (TPSA) is 94.7 Å². The minimum Gasteiger partial charge on any atom is -0.393 e. The van der Waals surface area contributed by atoms with Crippen LogP contribution in [0, 0.1) is 0 Å². The smallest absolute Gasteiger partial charge is 0.248 e. The van der Waals surface area contributed by atoms with Gasteiger partial charge in [-0.1, -0.05) is 0 Å². The Morgan fingerprint density at radius 1 is 1.21 bits per heavy atom. The molecule has 3 heterocycles. The second-order valence-corrected chi connectivity index (χ2v) is 6.88. The van der Waals surface area contributed by atoms with E-state index in [4.69, 9.17) is 5.11 Å². The van der Waals surface area contributed by atoms with Gasteiger partial charge < -0.3 is 19.7 Å². The Labute approximate surface area is 142 Å². The molecule has 8 nitrogen and oxygen atoms in total. The number of likely N-dealkylation sites (tertiary alicyclic amines) is 2. The van der Waals surface area contributed by atoms with Crippen molar-refractivity contribution in [2.45, 2.75) is 44.2 Å². The van der Waals surface area contributed by atoms with Crippen LogP contribution in [0.4, 0.5) is 0 Å². The highest BCUT2D eigenvalue weighted by atomic mass is 16.3. The first kappa shape index (κ1) is 17.3. The minimum absolute atomic E-state index is 0.170. The lowest BCUT2D eigenvalue weighted by Crippen LogP contribution is -2.41. The Morgan fingerprint density at radius 3 is 2.67 bits per heavy atom. The van der Waals surface area contributed by atoms with E-state index in [2.05, 4.69) is 15.1 Å². The number of hydrogen-bond acceptors (Lipinski definition) is 6. The van der Waals surface area contributed by atoms with E-state index >= 15 is 0 Å². The Bertz CT molecular complexity index is 568. The maximum absolute atomic E-state index is 11.7. The number of amides is 1. The quantitative estimate of drug-likeness (QED) is 0.767. The monoisotopic (exact) mass is 337 g/mol. The largest absolute Gasteiger partial charge is 0.393 e. The molecule has 0 aromatic carbocycles. The van der Waals surface area contributed by atoms with Gasteiger partial charge in [-0.3, -0.25) is 9.69 Å². The van der Waals surface area contributed by atoms with Crippen LogP contribution in [0.25, 0.3) is 0 Å². The maximum Gasteiger partial charge on any atom is 0.248 e. The molecule has 1 aromatic rings. The lowest BCUT2D eigenvalue weighted by atomic mass is 9.97. The van der Waals surface area contributed by atoms with Gasteiger partial charge in [-0.2, -0.15) is 0 Å². The lowest BCUT2D eigenvalue weighted by molar-refractivity contribution is -0.135. The van der Waals surface area contributed by atoms with Gasteiger partial charge in [-0.05, 0) is 25.7 Å². The van der Waals surface area contributed by atoms with Crippen LogP contribution in [0.1, 0.15) is 43.3 Å². The van der Waals surface area contributed by atoms with E-state index in [1.54, 1.807) is 4.90 Å². The van der Waals surface area contributed by atoms with Crippen molar-refractivity contribution in [1.82, 2.24) is 24.6 Å². The van der Waals surface area contributed by atoms with Gasteiger partial charge in [0.1, 0.15) is 18.3 Å². The molecule has 1 aromatic heterocycles. The van der Waals surface area contributed by atoms with Crippen LogP contribution in [0.15, 0.2) is 0 Å². The number of aromatic nitrogens is 3. The fourth-order valence-electron chi connectivity index (χ4n) is 3.66. The van der Waals surface area contributed by atoms with Gasteiger partial charge in [-0.15, -0.1) is 10.2 Å². The van der Waals surface area contributed by atoms with Crippen molar-refractivity contribution in [1.29, 1.82) is 0 Å². The van der Waals surface area contributed by atoms with Crippen molar-refractivity contribution in [3.63, 3.8) is 0 Å². The zero-order valence-electron chi connectivity index (χ0n) is 14.3. The van der Waals surface area contributed by atoms with Crippen LogP contribution in [0.5, 0.6) is 0 Å². The van der Waals surface area contributed by atoms with E-state index in [9.17, 15) is 9.90 Å². The summed E-state index contributed by atoms with van der Waals surface area (Å²) in [4.78, 5) is 15.7. The predicted octanol–water partition coefficient (Wildman–Crippen LogP) is -0.530. The summed E-state index contributed by atoms with van der Waals surface area (Å²) in [5.41, 5.74) is 0. The molecule has 2 aliphatic rings. The zero-order valence-corrected chi connectivity index (χ0v) is 14.3. The molecule has 0 radical (unpaired) electrons. The highest BCUT2D eigenvalue weighted by Gasteiger charge is 2.28. The molecule has 0 saturated carbocycles. The van der Waals surface area contributed by atoms with Crippen molar-refractivity contribution < 1.29 is 15.0 Å². The molecule has 2 fully saturated rings. The van der Waals surface area contributed by atoms with Gasteiger partial charge in [0.15, 0.2) is 0 Å². The van der Waals surface area contributed by atoms with E-state index in [-0.39, 0.29) is 17.9 Å². The van der Waals surface area contributed by atoms with Crippen LogP contribution >= 0.6 is 0 Å². The highest BCUT2D eigenvalue weighted by Crippen LogP contribution is 2.26. The average molecular weight is 337 g/mol. The minimum atomic E-state index is -0.433. The number of hydrogen-bond donors (Lipinski definition) is 2. The van der Waals surface area contributed by atoms with Gasteiger partial charge in [0.25, 0.3) is 0 Å². The van der Waals surface area contributed by atoms with Crippen molar-refractivity contribution in [3.05, 3.63) is 11.6 Å². The van der Waals surface area contributed by atoms with E-state index in [0.717, 1.165) is 57.0 Å². The summed E-state index contributed by atoms with van der Waals surface area (Å²) in [6.07, 6.45) is 3.35. The highest BCUT2D eigenvalue weighted by molar-refractivity contribution is 5.77. The summed E-state index contributed by atoms with van der Waals surface area (Å²) in [6.45, 7) is 3.37. The number of aliphatic hydroxyl groups is 2. The second kappa shape index (κ2) is 7.58. The molecule has 3 rings (SSSR count). The predicted molar refractivity (Wildman–Crippen MR) is 87.2 cm³/mol. The van der Waals surface area contributed by atoms with Gasteiger partial charge in [0.05, 0.1) is 12.6 Å². The fraction of sp³-hybridized carbons (Fsp3) is 0.812. The van der Waals surface area contributed by atoms with Gasteiger partial charge in [0.2, 0.25) is 5.91 Å². The third-order valence-corrected chi connectivity index (χ3v) is 5.20. The third-order valence-electron chi connectivity index (χ3n) is 5.20. The van der Waals surface area contributed by atoms with Crippen LogP contribution in [-0.4, -0.2) is 79.6 Å². The molecule has 1 amide bonds. The summed E-state index contributed by atoms with van der Waals surface area (Å²) >= 11 is 0. The zero-order chi connectivity index (χ0) is 17.1. The van der Waals surface area contributed by atoms with Crippen molar-refractivity contribution in [2.24, 2.45) is 7.05 Å². The molecule has 0 bridgehead atoms. The molecular formula is C16H27N5O3. The van der Waals surface area contributed by atoms with Crippen LogP contribution in [-0.2, 0) is 18.4 Å². The Morgan fingerprint density at radius 2 is 1.96 bits per heavy atom. The number of nitrogens with zero attached hydrogens (tertiary/aromatic N) is 5. The number of rotatable bonds is 4. The first-order chi connectivity index (χ1) is 11.6. The van der Waals surface area contributed by atoms with Crippen LogP contribution < -0.4 is 0 Å². The summed E-state index contributed by atoms with van der Waals surface area (Å²) in [5.74, 6) is 1.79. The molecule has 2 aliphatic heterocycles. The van der Waals surface area contributed by atoms with E-state index < -0.39 is 6.61 Å². The van der Waals surface area contributed by atoms with Crippen molar-refractivity contribution in [2.75, 3.05) is 32.8 Å². The average Bonchev–Trinajstić information content (AvgIpc) is 2.97. The normalized spacial score (nSPS) is 23.6. The van der Waals surface area contributed by atoms with Gasteiger partial charge in [-0.25, -0.2) is 0 Å². The maximum atomic E-state index is 11.7. The first-order valence-electron chi connectivity index (χ1n) is 8.75. The summed E-state index contributed by atoms with van der Waals surface area (Å²) in [5, 5.41) is 27.4. The molecule has 2 saturated heterocycles. The van der Waals surface area contributed by atoms with Crippen molar-refractivity contribution in [3.8, 4) is 0 Å². The summed E-state index contributed by atoms with van der Waals surface area (Å²) in [7, 11) is 1.98. The van der Waals surface area contributed by atoms with Crippen molar-refractivity contribution >= 4 is 5.91 Å². The standard InChI is InChI=1S/C16H27N5O3/c1-19-14(10-20-7-4-13(23)5-8-20)17-18-16(19)12-3-2-6-21(9-12)15(24)11-22/h12-13,22-23H,2-11H2,1H3/t12-/m1/s1. The summed E-state index contributed by atoms with van der Waals surface area (Å²) in [6, 6.07) is 0. The number of carbonyl (C=O) groups is 1. The summed E-state index contributed by atoms with van der Waals surface area (Å²) < 4.78 is 2.04. The Balaban J connectivity index is 1.65. The lowest BCUT2D eigenvalue weighted by Gasteiger charge is -2.32. The molecule has 2 N–H and O–H groups in total. The molecule has 134 valence electrons. The fourth-order valence-corrected chi connectivity index (χ4v) is 3.66. The number of piperidine rings is 2. The van der Waals surface area contributed by atoms with Crippen LogP contribution in [0.2, 0.25) is 0 Å². The first-order valence-corrected chi connectivity index (χ1v) is 8.75. The molecule has 0 aliphatic carbocycles. The Hall–Kier alpha value is -1.51. The third kappa shape index (κ3) is 3.76. The second-order valence-electron chi connectivity index (χ2n) is 6.88. The van der Waals surface area contributed by atoms with Crippen LogP contribution in [0.3, 0.4) is 0 Å². The number of aliphatic hydroxyl groups excluding tert-OH is 2. The van der Waals surface area contributed by atoms with E-state index in [0.29, 0.717) is 13.1 Å². The van der Waals surface area contributed by atoms with E-state index in [1.165, 1.54) is 0 Å². The molecule has 0 spiro atoms. The molecule has 0 unspecified atom stereocenters. The SMILES string of the molecule is Cn1c(CN2CCC(O)CC2)nnc1[C@@H]1CCCN(C(=O)CO)C1. The Kier molecular flexibility index (Phi) is 5.47. The van der Waals surface area contributed by atoms with Gasteiger partial charge in [0, 0.05) is 39.1 Å². The van der Waals surface area contributed by atoms with Gasteiger partial charge >= 0.3 is 0 Å². The number of carbonyl (C=O) groups excluding carboxylic acids is 1. The molecule has 24 heavy (non-hydrogen) atoms. The van der Waals surface area contributed by atoms with E-state index in [1.807, 2.05) is 11.6 Å². The molecule has 1 atom stereocenters. The molecule has 8 heteroatoms. The molecular weight excluding hydrogens is 310 g/mol.